The zero-order chi connectivity index (χ0) is 15.4. The third-order valence-corrected chi connectivity index (χ3v) is 4.22. The number of anilines is 1. The van der Waals surface area contributed by atoms with Gasteiger partial charge in [0.1, 0.15) is 5.82 Å². The number of carbonyl (C=O) groups is 1. The lowest BCUT2D eigenvalue weighted by Crippen LogP contribution is -2.34. The van der Waals surface area contributed by atoms with Gasteiger partial charge in [0.25, 0.3) is 0 Å². The average molecular weight is 344 g/mol. The molecule has 0 radical (unpaired) electrons. The van der Waals surface area contributed by atoms with E-state index in [1.165, 1.54) is 17.4 Å². The van der Waals surface area contributed by atoms with Crippen LogP contribution in [-0.2, 0) is 11.2 Å². The number of halogens is 2. The molecule has 2 aromatic rings. The SMILES string of the molecule is CC(N)C(C)C(=O)Nc1ncc(Cc2ccccc2F)s1.Cl. The molecule has 1 aromatic carbocycles. The predicted octanol–water partition coefficient (Wildman–Crippen LogP) is 3.22. The Labute approximate surface area is 139 Å². The fraction of sp³-hybridized carbons (Fsp3) is 0.333. The van der Waals surface area contributed by atoms with Crippen molar-refractivity contribution in [2.45, 2.75) is 26.3 Å². The molecule has 4 nitrogen and oxygen atoms in total. The Kier molecular flexibility index (Phi) is 6.93. The van der Waals surface area contributed by atoms with Gasteiger partial charge in [-0.1, -0.05) is 25.1 Å². The summed E-state index contributed by atoms with van der Waals surface area (Å²) in [6.07, 6.45) is 2.12. The maximum Gasteiger partial charge on any atom is 0.230 e. The van der Waals surface area contributed by atoms with E-state index in [4.69, 9.17) is 5.73 Å². The van der Waals surface area contributed by atoms with Crippen LogP contribution in [0.5, 0.6) is 0 Å². The molecule has 0 fully saturated rings. The molecule has 0 aliphatic carbocycles. The van der Waals surface area contributed by atoms with E-state index in [2.05, 4.69) is 10.3 Å². The number of hydrogen-bond acceptors (Lipinski definition) is 4. The van der Waals surface area contributed by atoms with E-state index < -0.39 is 0 Å². The smallest absolute Gasteiger partial charge is 0.230 e. The highest BCUT2D eigenvalue weighted by Crippen LogP contribution is 2.22. The van der Waals surface area contributed by atoms with Gasteiger partial charge < -0.3 is 11.1 Å². The summed E-state index contributed by atoms with van der Waals surface area (Å²) in [5, 5.41) is 3.25. The van der Waals surface area contributed by atoms with Crippen molar-refractivity contribution in [3.05, 3.63) is 46.7 Å². The molecule has 0 aliphatic heterocycles. The first-order chi connectivity index (χ1) is 9.97. The minimum Gasteiger partial charge on any atom is -0.327 e. The average Bonchev–Trinajstić information content (AvgIpc) is 2.87. The third kappa shape index (κ3) is 4.76. The molecule has 120 valence electrons. The summed E-state index contributed by atoms with van der Waals surface area (Å²) in [6.45, 7) is 3.56. The van der Waals surface area contributed by atoms with Crippen molar-refractivity contribution < 1.29 is 9.18 Å². The summed E-state index contributed by atoms with van der Waals surface area (Å²) in [4.78, 5) is 16.9. The Hall–Kier alpha value is -1.50. The van der Waals surface area contributed by atoms with Gasteiger partial charge in [0.2, 0.25) is 5.91 Å². The Morgan fingerprint density at radius 2 is 2.09 bits per heavy atom. The van der Waals surface area contributed by atoms with Gasteiger partial charge in [-0.3, -0.25) is 4.79 Å². The standard InChI is InChI=1S/C15H18FN3OS.ClH/c1-9(10(2)17)14(20)19-15-18-8-12(21-15)7-11-5-3-4-6-13(11)16;/h3-6,8-10H,7,17H2,1-2H3,(H,18,19,20);1H. The van der Waals surface area contributed by atoms with Gasteiger partial charge in [-0.05, 0) is 18.6 Å². The Morgan fingerprint density at radius 1 is 1.41 bits per heavy atom. The highest BCUT2D eigenvalue weighted by atomic mass is 35.5. The van der Waals surface area contributed by atoms with E-state index in [-0.39, 0.29) is 36.1 Å². The number of nitrogens with zero attached hydrogens (tertiary/aromatic N) is 1. The molecule has 2 unspecified atom stereocenters. The van der Waals surface area contributed by atoms with Crippen LogP contribution in [0, 0.1) is 11.7 Å². The molecular formula is C15H19ClFN3OS. The van der Waals surface area contributed by atoms with E-state index in [1.807, 2.05) is 0 Å². The zero-order valence-corrected chi connectivity index (χ0v) is 14.0. The summed E-state index contributed by atoms with van der Waals surface area (Å²) in [6, 6.07) is 6.41. The Bertz CT molecular complexity index is 633. The van der Waals surface area contributed by atoms with E-state index in [0.717, 1.165) is 4.88 Å². The van der Waals surface area contributed by atoms with Crippen LogP contribution in [0.25, 0.3) is 0 Å². The number of nitrogens with two attached hydrogens (primary N) is 1. The minimum atomic E-state index is -0.288. The summed E-state index contributed by atoms with van der Waals surface area (Å²) in [5.41, 5.74) is 6.31. The molecule has 22 heavy (non-hydrogen) atoms. The first kappa shape index (κ1) is 18.5. The van der Waals surface area contributed by atoms with Crippen LogP contribution in [0.1, 0.15) is 24.3 Å². The van der Waals surface area contributed by atoms with Crippen molar-refractivity contribution >= 4 is 34.8 Å². The highest BCUT2D eigenvalue weighted by molar-refractivity contribution is 7.15. The lowest BCUT2D eigenvalue weighted by molar-refractivity contribution is -0.119. The number of nitrogens with one attached hydrogen (secondary N) is 1. The zero-order valence-electron chi connectivity index (χ0n) is 12.4. The van der Waals surface area contributed by atoms with Crippen LogP contribution in [0.2, 0.25) is 0 Å². The number of carbonyl (C=O) groups excluding carboxylic acids is 1. The second kappa shape index (κ2) is 8.22. The predicted molar refractivity (Wildman–Crippen MR) is 90.0 cm³/mol. The summed E-state index contributed by atoms with van der Waals surface area (Å²) >= 11 is 1.34. The Morgan fingerprint density at radius 3 is 2.73 bits per heavy atom. The van der Waals surface area contributed by atoms with Crippen molar-refractivity contribution in [2.75, 3.05) is 5.32 Å². The van der Waals surface area contributed by atoms with Crippen LogP contribution in [0.4, 0.5) is 9.52 Å². The summed E-state index contributed by atoms with van der Waals surface area (Å²) in [5.74, 6) is -0.678. The number of benzene rings is 1. The molecule has 0 aliphatic rings. The van der Waals surface area contributed by atoms with Crippen molar-refractivity contribution in [1.82, 2.24) is 4.98 Å². The first-order valence-electron chi connectivity index (χ1n) is 6.72. The van der Waals surface area contributed by atoms with E-state index in [1.54, 1.807) is 38.2 Å². The van der Waals surface area contributed by atoms with Crippen LogP contribution in [-0.4, -0.2) is 16.9 Å². The number of thiazole rings is 1. The van der Waals surface area contributed by atoms with E-state index >= 15 is 0 Å². The molecule has 7 heteroatoms. The summed E-state index contributed by atoms with van der Waals surface area (Å²) in [7, 11) is 0. The minimum absolute atomic E-state index is 0. The molecule has 0 spiro atoms. The van der Waals surface area contributed by atoms with Gasteiger partial charge >= 0.3 is 0 Å². The van der Waals surface area contributed by atoms with Crippen molar-refractivity contribution in [2.24, 2.45) is 11.7 Å². The van der Waals surface area contributed by atoms with Gasteiger partial charge in [0.05, 0.1) is 5.92 Å². The fourth-order valence-corrected chi connectivity index (χ4v) is 2.57. The lowest BCUT2D eigenvalue weighted by Gasteiger charge is -2.13. The molecule has 1 amide bonds. The van der Waals surface area contributed by atoms with Crippen LogP contribution < -0.4 is 11.1 Å². The monoisotopic (exact) mass is 343 g/mol. The molecule has 0 saturated heterocycles. The van der Waals surface area contributed by atoms with Gasteiger partial charge in [-0.2, -0.15) is 0 Å². The Balaban J connectivity index is 0.00000242. The normalized spacial score (nSPS) is 13.1. The molecule has 3 N–H and O–H groups in total. The third-order valence-electron chi connectivity index (χ3n) is 3.31. The largest absolute Gasteiger partial charge is 0.327 e. The fourth-order valence-electron chi connectivity index (χ4n) is 1.73. The molecule has 1 aromatic heterocycles. The molecule has 1 heterocycles. The molecule has 2 rings (SSSR count). The number of aromatic nitrogens is 1. The van der Waals surface area contributed by atoms with Crippen molar-refractivity contribution in [3.63, 3.8) is 0 Å². The number of hydrogen-bond donors (Lipinski definition) is 2. The molecule has 0 bridgehead atoms. The lowest BCUT2D eigenvalue weighted by atomic mass is 10.0. The van der Waals surface area contributed by atoms with Gasteiger partial charge in [0, 0.05) is 23.5 Å². The first-order valence-corrected chi connectivity index (χ1v) is 7.53. The number of rotatable bonds is 5. The second-order valence-corrected chi connectivity index (χ2v) is 6.15. The quantitative estimate of drug-likeness (QED) is 0.875. The highest BCUT2D eigenvalue weighted by Gasteiger charge is 2.18. The van der Waals surface area contributed by atoms with Gasteiger partial charge in [-0.25, -0.2) is 9.37 Å². The van der Waals surface area contributed by atoms with Crippen LogP contribution in [0.15, 0.2) is 30.5 Å². The topological polar surface area (TPSA) is 68.0 Å². The van der Waals surface area contributed by atoms with E-state index in [9.17, 15) is 9.18 Å². The molecule has 2 atom stereocenters. The van der Waals surface area contributed by atoms with Gasteiger partial charge in [0.15, 0.2) is 5.13 Å². The van der Waals surface area contributed by atoms with Crippen molar-refractivity contribution in [1.29, 1.82) is 0 Å². The van der Waals surface area contributed by atoms with E-state index in [0.29, 0.717) is 17.1 Å². The maximum absolute atomic E-state index is 13.6. The second-order valence-electron chi connectivity index (χ2n) is 5.04. The maximum atomic E-state index is 13.6. The molecule has 0 saturated carbocycles. The van der Waals surface area contributed by atoms with Crippen LogP contribution >= 0.6 is 23.7 Å². The molecular weight excluding hydrogens is 325 g/mol. The van der Waals surface area contributed by atoms with Gasteiger partial charge in [-0.15, -0.1) is 23.7 Å². The van der Waals surface area contributed by atoms with Crippen molar-refractivity contribution in [3.8, 4) is 0 Å². The number of amides is 1. The summed E-state index contributed by atoms with van der Waals surface area (Å²) < 4.78 is 13.6. The van der Waals surface area contributed by atoms with Crippen LogP contribution in [0.3, 0.4) is 0 Å².